The van der Waals surface area contributed by atoms with Crippen LogP contribution in [-0.4, -0.2) is 29.8 Å². The SMILES string of the molecule is CCCCc1cn(CC2CCCC2)c(=O)n1Cc1ccc(-c2ccccc2-c2nn[nH]n2)cc1. The van der Waals surface area contributed by atoms with Gasteiger partial charge in [0, 0.05) is 24.0 Å². The molecule has 0 spiro atoms. The van der Waals surface area contributed by atoms with Gasteiger partial charge in [-0.05, 0) is 53.5 Å². The van der Waals surface area contributed by atoms with Crippen LogP contribution in [-0.2, 0) is 19.5 Å². The van der Waals surface area contributed by atoms with Crippen LogP contribution in [0.1, 0.15) is 56.7 Å². The van der Waals surface area contributed by atoms with Crippen LogP contribution in [0.4, 0.5) is 0 Å². The minimum absolute atomic E-state index is 0.129. The lowest BCUT2D eigenvalue weighted by Gasteiger charge is -2.10. The van der Waals surface area contributed by atoms with E-state index in [-0.39, 0.29) is 5.69 Å². The molecule has 1 N–H and O–H groups in total. The van der Waals surface area contributed by atoms with Crippen molar-refractivity contribution in [3.63, 3.8) is 0 Å². The van der Waals surface area contributed by atoms with Crippen molar-refractivity contribution in [3.8, 4) is 22.5 Å². The first-order chi connectivity index (χ1) is 16.7. The number of aryl methyl sites for hydroxylation is 1. The monoisotopic (exact) mass is 456 g/mol. The number of benzene rings is 2. The van der Waals surface area contributed by atoms with Gasteiger partial charge >= 0.3 is 5.69 Å². The number of aromatic nitrogens is 6. The number of H-pyrrole nitrogens is 1. The summed E-state index contributed by atoms with van der Waals surface area (Å²) >= 11 is 0. The van der Waals surface area contributed by atoms with Crippen molar-refractivity contribution in [2.24, 2.45) is 5.92 Å². The van der Waals surface area contributed by atoms with E-state index in [1.165, 1.54) is 25.7 Å². The van der Waals surface area contributed by atoms with Gasteiger partial charge in [-0.1, -0.05) is 74.7 Å². The Morgan fingerprint density at radius 2 is 1.79 bits per heavy atom. The molecular formula is C27H32N6O. The van der Waals surface area contributed by atoms with E-state index in [2.05, 4.69) is 64.1 Å². The lowest BCUT2D eigenvalue weighted by atomic mass is 9.98. The number of imidazole rings is 1. The highest BCUT2D eigenvalue weighted by Crippen LogP contribution is 2.30. The molecule has 2 heterocycles. The third-order valence-corrected chi connectivity index (χ3v) is 6.96. The van der Waals surface area contributed by atoms with Crippen molar-refractivity contribution < 1.29 is 0 Å². The zero-order chi connectivity index (χ0) is 23.3. The molecule has 7 heteroatoms. The Hall–Kier alpha value is -3.48. The highest BCUT2D eigenvalue weighted by Gasteiger charge is 2.19. The quantitative estimate of drug-likeness (QED) is 0.381. The molecule has 1 fully saturated rings. The first-order valence-electron chi connectivity index (χ1n) is 12.4. The molecule has 34 heavy (non-hydrogen) atoms. The van der Waals surface area contributed by atoms with Gasteiger partial charge in [-0.15, -0.1) is 10.2 Å². The summed E-state index contributed by atoms with van der Waals surface area (Å²) in [6, 6.07) is 16.5. The number of unbranched alkanes of at least 4 members (excludes halogenated alkanes) is 1. The first kappa shape index (κ1) is 22.3. The van der Waals surface area contributed by atoms with Crippen molar-refractivity contribution in [1.82, 2.24) is 29.8 Å². The Balaban J connectivity index is 1.40. The number of aromatic amines is 1. The van der Waals surface area contributed by atoms with Crippen molar-refractivity contribution in [2.45, 2.75) is 65.0 Å². The Morgan fingerprint density at radius 1 is 1.03 bits per heavy atom. The molecule has 1 saturated carbocycles. The van der Waals surface area contributed by atoms with Gasteiger partial charge in [0.05, 0.1) is 6.54 Å². The summed E-state index contributed by atoms with van der Waals surface area (Å²) in [6.07, 6.45) is 10.4. The summed E-state index contributed by atoms with van der Waals surface area (Å²) < 4.78 is 3.95. The molecule has 0 saturated heterocycles. The fraction of sp³-hybridized carbons (Fsp3) is 0.407. The van der Waals surface area contributed by atoms with Crippen LogP contribution in [0, 0.1) is 5.92 Å². The summed E-state index contributed by atoms with van der Waals surface area (Å²) in [6.45, 7) is 3.65. The summed E-state index contributed by atoms with van der Waals surface area (Å²) in [5, 5.41) is 14.5. The van der Waals surface area contributed by atoms with Crippen molar-refractivity contribution in [2.75, 3.05) is 0 Å². The van der Waals surface area contributed by atoms with Crippen LogP contribution >= 0.6 is 0 Å². The molecule has 0 amide bonds. The van der Waals surface area contributed by atoms with Crippen LogP contribution in [0.5, 0.6) is 0 Å². The Bertz CT molecular complexity index is 1260. The maximum Gasteiger partial charge on any atom is 0.328 e. The third kappa shape index (κ3) is 4.74. The molecule has 7 nitrogen and oxygen atoms in total. The average Bonchev–Trinajstić information content (AvgIpc) is 3.63. The van der Waals surface area contributed by atoms with Gasteiger partial charge < -0.3 is 0 Å². The van der Waals surface area contributed by atoms with Gasteiger partial charge in [-0.2, -0.15) is 5.21 Å². The van der Waals surface area contributed by atoms with Gasteiger partial charge in [0.2, 0.25) is 5.82 Å². The lowest BCUT2D eigenvalue weighted by molar-refractivity contribution is 0.445. The smallest absolute Gasteiger partial charge is 0.299 e. The molecule has 2 aromatic heterocycles. The van der Waals surface area contributed by atoms with Gasteiger partial charge in [0.25, 0.3) is 0 Å². The molecule has 5 rings (SSSR count). The molecule has 0 bridgehead atoms. The molecule has 176 valence electrons. The molecule has 0 unspecified atom stereocenters. The lowest BCUT2D eigenvalue weighted by Crippen LogP contribution is -2.27. The largest absolute Gasteiger partial charge is 0.328 e. The normalized spacial score (nSPS) is 14.1. The van der Waals surface area contributed by atoms with Crippen LogP contribution < -0.4 is 5.69 Å². The standard InChI is InChI=1S/C27H32N6O/c1-2-3-10-23-19-32(17-20-8-4-5-9-20)27(34)33(23)18-21-13-15-22(16-14-21)24-11-6-7-12-25(24)26-28-30-31-29-26/h6-7,11-16,19-20H,2-5,8-10,17-18H2,1H3,(H,28,29,30,31). The van der Waals surface area contributed by atoms with Crippen LogP contribution in [0.15, 0.2) is 59.5 Å². The maximum atomic E-state index is 13.3. The minimum atomic E-state index is 0.129. The predicted molar refractivity (Wildman–Crippen MR) is 133 cm³/mol. The first-order valence-corrected chi connectivity index (χ1v) is 12.4. The number of nitrogens with one attached hydrogen (secondary N) is 1. The van der Waals surface area contributed by atoms with Crippen LogP contribution in [0.3, 0.4) is 0 Å². The molecule has 2 aromatic carbocycles. The topological polar surface area (TPSA) is 81.4 Å². The number of hydrogen-bond donors (Lipinski definition) is 1. The van der Waals surface area contributed by atoms with Gasteiger partial charge in [-0.25, -0.2) is 4.79 Å². The second kappa shape index (κ2) is 10.2. The van der Waals surface area contributed by atoms with E-state index < -0.39 is 0 Å². The molecular weight excluding hydrogens is 424 g/mol. The van der Waals surface area contributed by atoms with E-state index in [1.54, 1.807) is 0 Å². The number of tetrazole rings is 1. The average molecular weight is 457 g/mol. The zero-order valence-corrected chi connectivity index (χ0v) is 19.8. The van der Waals surface area contributed by atoms with E-state index in [0.717, 1.165) is 53.8 Å². The highest BCUT2D eigenvalue weighted by atomic mass is 16.1. The predicted octanol–water partition coefficient (Wildman–Crippen LogP) is 5.08. The Labute approximate surface area is 199 Å². The van der Waals surface area contributed by atoms with E-state index in [9.17, 15) is 4.79 Å². The third-order valence-electron chi connectivity index (χ3n) is 6.96. The summed E-state index contributed by atoms with van der Waals surface area (Å²) in [4.78, 5) is 13.3. The van der Waals surface area contributed by atoms with Gasteiger partial charge in [-0.3, -0.25) is 9.13 Å². The Kier molecular flexibility index (Phi) is 6.70. The Morgan fingerprint density at radius 3 is 2.50 bits per heavy atom. The van der Waals surface area contributed by atoms with Crippen molar-refractivity contribution in [3.05, 3.63) is 76.5 Å². The molecule has 4 aromatic rings. The fourth-order valence-electron chi connectivity index (χ4n) is 5.09. The molecule has 0 radical (unpaired) electrons. The van der Waals surface area contributed by atoms with Crippen molar-refractivity contribution >= 4 is 0 Å². The zero-order valence-electron chi connectivity index (χ0n) is 19.8. The maximum absolute atomic E-state index is 13.3. The van der Waals surface area contributed by atoms with E-state index in [4.69, 9.17) is 0 Å². The summed E-state index contributed by atoms with van der Waals surface area (Å²) in [7, 11) is 0. The van der Waals surface area contributed by atoms with Crippen LogP contribution in [0.25, 0.3) is 22.5 Å². The number of rotatable bonds is 9. The molecule has 1 aliphatic rings. The van der Waals surface area contributed by atoms with Crippen molar-refractivity contribution in [1.29, 1.82) is 0 Å². The van der Waals surface area contributed by atoms with E-state index in [1.807, 2.05) is 27.3 Å². The fourth-order valence-corrected chi connectivity index (χ4v) is 5.09. The second-order valence-corrected chi connectivity index (χ2v) is 9.37. The molecule has 0 atom stereocenters. The molecule has 0 aliphatic heterocycles. The van der Waals surface area contributed by atoms with Gasteiger partial charge in [0.15, 0.2) is 0 Å². The van der Waals surface area contributed by atoms with E-state index in [0.29, 0.717) is 18.3 Å². The van der Waals surface area contributed by atoms with Gasteiger partial charge in [0.1, 0.15) is 0 Å². The van der Waals surface area contributed by atoms with E-state index >= 15 is 0 Å². The second-order valence-electron chi connectivity index (χ2n) is 9.37. The minimum Gasteiger partial charge on any atom is -0.299 e. The summed E-state index contributed by atoms with van der Waals surface area (Å²) in [5.74, 6) is 1.22. The molecule has 1 aliphatic carbocycles. The number of nitrogens with zero attached hydrogens (tertiary/aromatic N) is 5. The number of hydrogen-bond acceptors (Lipinski definition) is 4. The highest BCUT2D eigenvalue weighted by molar-refractivity contribution is 5.80. The van der Waals surface area contributed by atoms with Crippen LogP contribution in [0.2, 0.25) is 0 Å². The summed E-state index contributed by atoms with van der Waals surface area (Å²) in [5.41, 5.74) is 5.48.